The van der Waals surface area contributed by atoms with Crippen LogP contribution >= 0.6 is 0 Å². The van der Waals surface area contributed by atoms with Gasteiger partial charge in [-0.1, -0.05) is 46.6 Å². The van der Waals surface area contributed by atoms with Gasteiger partial charge in [0.15, 0.2) is 0 Å². The van der Waals surface area contributed by atoms with Crippen molar-refractivity contribution in [2.45, 2.75) is 76.9 Å². The van der Waals surface area contributed by atoms with Gasteiger partial charge in [0.1, 0.15) is 13.9 Å². The quantitative estimate of drug-likeness (QED) is 0.570. The SMILES string of the molecule is COC(=O)C1=CC2(CCCCCC2=O)C[Si]1(C(C)C)C(C)C. The van der Waals surface area contributed by atoms with Gasteiger partial charge in [-0.05, 0) is 30.0 Å². The maximum absolute atomic E-state index is 12.9. The van der Waals surface area contributed by atoms with Crippen LogP contribution < -0.4 is 0 Å². The van der Waals surface area contributed by atoms with E-state index in [0.717, 1.165) is 36.9 Å². The number of allylic oxidation sites excluding steroid dienone is 1. The molecule has 3 nitrogen and oxygen atoms in total. The number of hydrogen-bond acceptors (Lipinski definition) is 3. The molecule has 0 radical (unpaired) electrons. The molecule has 0 saturated heterocycles. The Kier molecular flexibility index (Phi) is 5.00. The summed E-state index contributed by atoms with van der Waals surface area (Å²) in [5, 5.41) is 0.884. The Morgan fingerprint density at radius 3 is 2.36 bits per heavy atom. The van der Waals surface area contributed by atoms with E-state index in [1.165, 1.54) is 7.11 Å². The fraction of sp³-hybridized carbons (Fsp3) is 0.778. The van der Waals surface area contributed by atoms with Crippen LogP contribution in [0.15, 0.2) is 11.3 Å². The van der Waals surface area contributed by atoms with E-state index < -0.39 is 8.07 Å². The van der Waals surface area contributed by atoms with Crippen molar-refractivity contribution in [2.75, 3.05) is 7.11 Å². The van der Waals surface area contributed by atoms with Crippen LogP contribution in [0.4, 0.5) is 0 Å². The van der Waals surface area contributed by atoms with E-state index in [0.29, 0.717) is 23.3 Å². The summed E-state index contributed by atoms with van der Waals surface area (Å²) in [6, 6.07) is 0.915. The van der Waals surface area contributed by atoms with Crippen molar-refractivity contribution in [3.05, 3.63) is 11.3 Å². The monoisotopic (exact) mass is 322 g/mol. The first kappa shape index (κ1) is 17.5. The highest BCUT2D eigenvalue weighted by atomic mass is 28.3. The Labute approximate surface area is 135 Å². The number of methoxy groups -OCH3 is 1. The van der Waals surface area contributed by atoms with Crippen LogP contribution in [0.25, 0.3) is 0 Å². The summed E-state index contributed by atoms with van der Waals surface area (Å²) < 4.78 is 5.11. The summed E-state index contributed by atoms with van der Waals surface area (Å²) in [5.74, 6) is 0.171. The summed E-state index contributed by atoms with van der Waals surface area (Å²) in [7, 11) is -0.597. The van der Waals surface area contributed by atoms with Gasteiger partial charge in [0.05, 0.1) is 7.11 Å². The van der Waals surface area contributed by atoms with E-state index in [9.17, 15) is 9.59 Å². The zero-order valence-corrected chi connectivity index (χ0v) is 15.7. The van der Waals surface area contributed by atoms with Crippen LogP contribution in [-0.4, -0.2) is 26.9 Å². The molecule has 2 rings (SSSR count). The molecule has 1 aliphatic carbocycles. The van der Waals surface area contributed by atoms with Crippen molar-refractivity contribution in [1.82, 2.24) is 0 Å². The van der Waals surface area contributed by atoms with Crippen molar-refractivity contribution in [2.24, 2.45) is 5.41 Å². The first-order valence-corrected chi connectivity index (χ1v) is 11.0. The molecule has 1 aliphatic heterocycles. The zero-order valence-electron chi connectivity index (χ0n) is 14.7. The van der Waals surface area contributed by atoms with Crippen molar-refractivity contribution < 1.29 is 14.3 Å². The van der Waals surface area contributed by atoms with Crippen molar-refractivity contribution in [1.29, 1.82) is 0 Å². The van der Waals surface area contributed by atoms with Crippen molar-refractivity contribution in [3.8, 4) is 0 Å². The zero-order chi connectivity index (χ0) is 16.5. The largest absolute Gasteiger partial charge is 0.466 e. The predicted octanol–water partition coefficient (Wildman–Crippen LogP) is 4.43. The van der Waals surface area contributed by atoms with Gasteiger partial charge in [-0.15, -0.1) is 0 Å². The molecule has 1 atom stereocenters. The highest BCUT2D eigenvalue weighted by Gasteiger charge is 2.58. The minimum Gasteiger partial charge on any atom is -0.466 e. The number of carbonyl (C=O) groups is 2. The Morgan fingerprint density at radius 1 is 1.18 bits per heavy atom. The lowest BCUT2D eigenvalue weighted by Gasteiger charge is -2.39. The van der Waals surface area contributed by atoms with Gasteiger partial charge in [-0.25, -0.2) is 4.79 Å². The molecule has 0 N–H and O–H groups in total. The maximum Gasteiger partial charge on any atom is 0.329 e. The first-order valence-electron chi connectivity index (χ1n) is 8.65. The molecule has 0 bridgehead atoms. The lowest BCUT2D eigenvalue weighted by atomic mass is 9.81. The third kappa shape index (κ3) is 2.59. The van der Waals surface area contributed by atoms with Crippen molar-refractivity contribution >= 4 is 19.8 Å². The fourth-order valence-corrected chi connectivity index (χ4v) is 10.9. The van der Waals surface area contributed by atoms with E-state index >= 15 is 0 Å². The molecule has 1 fully saturated rings. The molecule has 0 aromatic rings. The lowest BCUT2D eigenvalue weighted by Crippen LogP contribution is -2.46. The number of carbonyl (C=O) groups excluding carboxylic acids is 2. The molecule has 1 spiro atoms. The van der Waals surface area contributed by atoms with Gasteiger partial charge in [0.2, 0.25) is 0 Å². The van der Waals surface area contributed by atoms with Crippen LogP contribution in [0.2, 0.25) is 17.1 Å². The third-order valence-electron chi connectivity index (χ3n) is 6.08. The highest BCUT2D eigenvalue weighted by Crippen LogP contribution is 2.56. The van der Waals surface area contributed by atoms with Crippen LogP contribution in [0, 0.1) is 5.41 Å². The number of ether oxygens (including phenoxy) is 1. The number of Topliss-reactive ketones (excluding diaryl/α,β-unsaturated/α-hetero) is 1. The van der Waals surface area contributed by atoms with Gasteiger partial charge >= 0.3 is 5.97 Å². The molecule has 0 aromatic heterocycles. The second-order valence-corrected chi connectivity index (χ2v) is 13.0. The molecular formula is C18H30O3Si. The van der Waals surface area contributed by atoms with E-state index in [4.69, 9.17) is 4.74 Å². The topological polar surface area (TPSA) is 43.4 Å². The lowest BCUT2D eigenvalue weighted by molar-refractivity contribution is -0.135. The Bertz CT molecular complexity index is 485. The standard InChI is InChI=1S/C18H30O3Si/c1-13(2)22(14(3)4)12-18(11-15(22)17(20)21-5)10-8-6-7-9-16(18)19/h11,13-14H,6-10,12H2,1-5H3. The molecule has 0 amide bonds. The van der Waals surface area contributed by atoms with E-state index in [-0.39, 0.29) is 11.4 Å². The molecule has 22 heavy (non-hydrogen) atoms. The minimum atomic E-state index is -2.06. The summed E-state index contributed by atoms with van der Waals surface area (Å²) in [6.07, 6.45) is 6.88. The van der Waals surface area contributed by atoms with E-state index in [1.54, 1.807) is 0 Å². The first-order chi connectivity index (χ1) is 10.3. The Hall–Kier alpha value is -0.903. The second-order valence-electron chi connectivity index (χ2n) is 7.72. The van der Waals surface area contributed by atoms with Gasteiger partial charge in [0, 0.05) is 17.0 Å². The normalized spacial score (nSPS) is 28.1. The van der Waals surface area contributed by atoms with Crippen LogP contribution in [0.5, 0.6) is 0 Å². The molecule has 4 heteroatoms. The summed E-state index contributed by atoms with van der Waals surface area (Å²) >= 11 is 0. The van der Waals surface area contributed by atoms with E-state index in [2.05, 4.69) is 33.8 Å². The predicted molar refractivity (Wildman–Crippen MR) is 91.4 cm³/mol. The molecule has 1 saturated carbocycles. The maximum atomic E-state index is 12.9. The third-order valence-corrected chi connectivity index (χ3v) is 12.8. The van der Waals surface area contributed by atoms with Crippen molar-refractivity contribution in [3.63, 3.8) is 0 Å². The summed E-state index contributed by atoms with van der Waals surface area (Å²) in [4.78, 5) is 25.3. The fourth-order valence-electron chi connectivity index (χ4n) is 4.77. The Morgan fingerprint density at radius 2 is 1.82 bits per heavy atom. The molecular weight excluding hydrogens is 292 g/mol. The smallest absolute Gasteiger partial charge is 0.329 e. The molecule has 124 valence electrons. The Balaban J connectivity index is 2.56. The summed E-state index contributed by atoms with van der Waals surface area (Å²) in [5.41, 5.74) is 0.502. The molecule has 0 aromatic carbocycles. The molecule has 1 unspecified atom stereocenters. The molecule has 2 aliphatic rings. The minimum absolute atomic E-state index is 0.192. The second kappa shape index (κ2) is 6.30. The summed E-state index contributed by atoms with van der Waals surface area (Å²) in [6.45, 7) is 8.90. The highest BCUT2D eigenvalue weighted by molar-refractivity contribution is 6.93. The number of rotatable bonds is 3. The van der Waals surface area contributed by atoms with Crippen LogP contribution in [0.1, 0.15) is 59.8 Å². The number of ketones is 1. The molecule has 1 heterocycles. The van der Waals surface area contributed by atoms with Crippen LogP contribution in [-0.2, 0) is 14.3 Å². The number of esters is 1. The average Bonchev–Trinajstić information content (AvgIpc) is 2.74. The van der Waals surface area contributed by atoms with Gasteiger partial charge in [-0.2, -0.15) is 0 Å². The van der Waals surface area contributed by atoms with Gasteiger partial charge < -0.3 is 4.74 Å². The van der Waals surface area contributed by atoms with Gasteiger partial charge in [0.25, 0.3) is 0 Å². The van der Waals surface area contributed by atoms with Crippen LogP contribution in [0.3, 0.4) is 0 Å². The van der Waals surface area contributed by atoms with E-state index in [1.807, 2.05) is 0 Å². The average molecular weight is 323 g/mol. The van der Waals surface area contributed by atoms with Gasteiger partial charge in [-0.3, -0.25) is 4.79 Å². The number of hydrogen-bond donors (Lipinski definition) is 0.